The minimum absolute atomic E-state index is 0.00319. The molecule has 0 atom stereocenters. The predicted molar refractivity (Wildman–Crippen MR) is 40.1 cm³/mol. The van der Waals surface area contributed by atoms with Crippen molar-refractivity contribution in [1.82, 2.24) is 0 Å². The zero-order valence-corrected chi connectivity index (χ0v) is 6.55. The third-order valence-corrected chi connectivity index (χ3v) is 2.54. The van der Waals surface area contributed by atoms with Gasteiger partial charge in [-0.3, -0.25) is 4.79 Å². The molecule has 1 rings (SSSR count). The highest BCUT2D eigenvalue weighted by Gasteiger charge is 2.33. The third-order valence-electron chi connectivity index (χ3n) is 2.54. The van der Waals surface area contributed by atoms with Gasteiger partial charge >= 0.3 is 0 Å². The van der Waals surface area contributed by atoms with Crippen LogP contribution in [0.5, 0.6) is 0 Å². The van der Waals surface area contributed by atoms with E-state index in [2.05, 4.69) is 0 Å². The minimum Gasteiger partial charge on any atom is -0.396 e. The summed E-state index contributed by atoms with van der Waals surface area (Å²) in [6, 6.07) is 0. The van der Waals surface area contributed by atoms with Gasteiger partial charge in [-0.1, -0.05) is 0 Å². The largest absolute Gasteiger partial charge is 0.396 e. The van der Waals surface area contributed by atoms with E-state index in [4.69, 9.17) is 10.2 Å². The Hall–Kier alpha value is -0.410. The first-order valence-electron chi connectivity index (χ1n) is 3.96. The second kappa shape index (κ2) is 3.32. The fourth-order valence-electron chi connectivity index (χ4n) is 1.43. The molecule has 0 spiro atoms. The topological polar surface area (TPSA) is 57.5 Å². The molecule has 11 heavy (non-hydrogen) atoms. The summed E-state index contributed by atoms with van der Waals surface area (Å²) >= 11 is 0. The molecule has 2 N–H and O–H groups in total. The molecule has 0 radical (unpaired) electrons. The summed E-state index contributed by atoms with van der Waals surface area (Å²) in [5, 5.41) is 17.9. The van der Waals surface area contributed by atoms with Crippen LogP contribution in [0.4, 0.5) is 0 Å². The van der Waals surface area contributed by atoms with Gasteiger partial charge in [-0.25, -0.2) is 0 Å². The SMILES string of the molecule is O=C1CCC(CO)(CO)CC1. The van der Waals surface area contributed by atoms with Gasteiger partial charge in [-0.2, -0.15) is 0 Å². The van der Waals surface area contributed by atoms with Crippen molar-refractivity contribution in [2.75, 3.05) is 13.2 Å². The van der Waals surface area contributed by atoms with Gasteiger partial charge in [0.2, 0.25) is 0 Å². The maximum atomic E-state index is 10.8. The number of aliphatic hydroxyl groups excluding tert-OH is 2. The van der Waals surface area contributed by atoms with Gasteiger partial charge < -0.3 is 10.2 Å². The molecule has 0 heterocycles. The second-order valence-electron chi connectivity index (χ2n) is 3.35. The summed E-state index contributed by atoms with van der Waals surface area (Å²) in [7, 11) is 0. The highest BCUT2D eigenvalue weighted by atomic mass is 16.3. The van der Waals surface area contributed by atoms with Crippen molar-refractivity contribution in [3.63, 3.8) is 0 Å². The van der Waals surface area contributed by atoms with Crippen molar-refractivity contribution >= 4 is 5.78 Å². The summed E-state index contributed by atoms with van der Waals surface area (Å²) < 4.78 is 0. The first kappa shape index (κ1) is 8.68. The third kappa shape index (κ3) is 1.79. The van der Waals surface area contributed by atoms with Gasteiger partial charge in [0.1, 0.15) is 5.78 Å². The molecule has 1 saturated carbocycles. The maximum absolute atomic E-state index is 10.8. The van der Waals surface area contributed by atoms with Gasteiger partial charge in [0.25, 0.3) is 0 Å². The van der Waals surface area contributed by atoms with Crippen LogP contribution < -0.4 is 0 Å². The molecule has 0 aromatic carbocycles. The molecule has 0 aromatic heterocycles. The maximum Gasteiger partial charge on any atom is 0.132 e. The van der Waals surface area contributed by atoms with Crippen LogP contribution in [-0.2, 0) is 4.79 Å². The lowest BCUT2D eigenvalue weighted by molar-refractivity contribution is -0.123. The zero-order valence-electron chi connectivity index (χ0n) is 6.55. The lowest BCUT2D eigenvalue weighted by atomic mass is 9.75. The molecular weight excluding hydrogens is 144 g/mol. The Kier molecular flexibility index (Phi) is 2.62. The van der Waals surface area contributed by atoms with Crippen LogP contribution >= 0.6 is 0 Å². The smallest absolute Gasteiger partial charge is 0.132 e. The number of hydrogen-bond acceptors (Lipinski definition) is 3. The Morgan fingerprint density at radius 2 is 1.64 bits per heavy atom. The zero-order chi connectivity index (χ0) is 8.32. The van der Waals surface area contributed by atoms with Crippen LogP contribution in [0, 0.1) is 5.41 Å². The van der Waals surface area contributed by atoms with Crippen molar-refractivity contribution in [2.24, 2.45) is 5.41 Å². The van der Waals surface area contributed by atoms with E-state index in [1.165, 1.54) is 0 Å². The van der Waals surface area contributed by atoms with Crippen molar-refractivity contribution in [2.45, 2.75) is 25.7 Å². The summed E-state index contributed by atoms with van der Waals surface area (Å²) in [5.74, 6) is 0.252. The Balaban J connectivity index is 2.52. The standard InChI is InChI=1S/C8H14O3/c9-5-8(6-10)3-1-7(11)2-4-8/h9-10H,1-6H2. The van der Waals surface area contributed by atoms with E-state index in [9.17, 15) is 4.79 Å². The lowest BCUT2D eigenvalue weighted by Crippen LogP contribution is -2.34. The Morgan fingerprint density at radius 3 is 2.00 bits per heavy atom. The fourth-order valence-corrected chi connectivity index (χ4v) is 1.43. The summed E-state index contributed by atoms with van der Waals surface area (Å²) in [5.41, 5.74) is -0.367. The first-order chi connectivity index (χ1) is 5.22. The van der Waals surface area contributed by atoms with E-state index in [0.29, 0.717) is 25.7 Å². The molecule has 1 aliphatic rings. The highest BCUT2D eigenvalue weighted by molar-refractivity contribution is 5.79. The van der Waals surface area contributed by atoms with Gasteiger partial charge in [0, 0.05) is 18.3 Å². The van der Waals surface area contributed by atoms with Gasteiger partial charge in [0.15, 0.2) is 0 Å². The Morgan fingerprint density at radius 1 is 1.18 bits per heavy atom. The van der Waals surface area contributed by atoms with Gasteiger partial charge in [-0.05, 0) is 12.8 Å². The summed E-state index contributed by atoms with van der Waals surface area (Å²) in [6.45, 7) is -0.00639. The molecule has 3 heteroatoms. The number of hydrogen-bond donors (Lipinski definition) is 2. The second-order valence-corrected chi connectivity index (χ2v) is 3.35. The molecule has 0 aromatic rings. The van der Waals surface area contributed by atoms with E-state index in [-0.39, 0.29) is 24.4 Å². The minimum atomic E-state index is -0.367. The van der Waals surface area contributed by atoms with Crippen LogP contribution in [0.25, 0.3) is 0 Å². The predicted octanol–water partition coefficient (Wildman–Crippen LogP) is 0.101. The highest BCUT2D eigenvalue weighted by Crippen LogP contribution is 2.33. The van der Waals surface area contributed by atoms with Crippen LogP contribution in [0.15, 0.2) is 0 Å². The van der Waals surface area contributed by atoms with Crippen LogP contribution in [0.1, 0.15) is 25.7 Å². The molecular formula is C8H14O3. The normalized spacial score (nSPS) is 23.6. The van der Waals surface area contributed by atoms with Gasteiger partial charge in [0.05, 0.1) is 13.2 Å². The number of rotatable bonds is 2. The summed E-state index contributed by atoms with van der Waals surface area (Å²) in [6.07, 6.45) is 2.31. The molecule has 0 aliphatic heterocycles. The molecule has 3 nitrogen and oxygen atoms in total. The quantitative estimate of drug-likeness (QED) is 0.599. The average molecular weight is 158 g/mol. The van der Waals surface area contributed by atoms with E-state index in [1.54, 1.807) is 0 Å². The Labute approximate surface area is 66.0 Å². The molecule has 0 unspecified atom stereocenters. The Bertz CT molecular complexity index is 137. The lowest BCUT2D eigenvalue weighted by Gasteiger charge is -2.32. The van der Waals surface area contributed by atoms with Crippen molar-refractivity contribution in [3.05, 3.63) is 0 Å². The molecule has 0 saturated heterocycles. The van der Waals surface area contributed by atoms with Crippen molar-refractivity contribution in [1.29, 1.82) is 0 Å². The van der Waals surface area contributed by atoms with Crippen LogP contribution in [-0.4, -0.2) is 29.2 Å². The van der Waals surface area contributed by atoms with E-state index in [1.807, 2.05) is 0 Å². The van der Waals surface area contributed by atoms with E-state index < -0.39 is 0 Å². The first-order valence-corrected chi connectivity index (χ1v) is 3.96. The van der Waals surface area contributed by atoms with Crippen molar-refractivity contribution < 1.29 is 15.0 Å². The number of carbonyl (C=O) groups excluding carboxylic acids is 1. The molecule has 0 bridgehead atoms. The number of aliphatic hydroxyl groups is 2. The number of ketones is 1. The summed E-state index contributed by atoms with van der Waals surface area (Å²) in [4.78, 5) is 10.8. The van der Waals surface area contributed by atoms with Crippen molar-refractivity contribution in [3.8, 4) is 0 Å². The molecule has 0 amide bonds. The van der Waals surface area contributed by atoms with E-state index >= 15 is 0 Å². The van der Waals surface area contributed by atoms with Crippen LogP contribution in [0.3, 0.4) is 0 Å². The molecule has 64 valence electrons. The monoisotopic (exact) mass is 158 g/mol. The van der Waals surface area contributed by atoms with Gasteiger partial charge in [-0.15, -0.1) is 0 Å². The van der Waals surface area contributed by atoms with Crippen LogP contribution in [0.2, 0.25) is 0 Å². The molecule has 1 fully saturated rings. The fraction of sp³-hybridized carbons (Fsp3) is 0.875. The molecule has 1 aliphatic carbocycles. The number of carbonyl (C=O) groups is 1. The average Bonchev–Trinajstić information content (AvgIpc) is 2.07. The van der Waals surface area contributed by atoms with E-state index in [0.717, 1.165) is 0 Å². The number of Topliss-reactive ketones (excluding diaryl/α,β-unsaturated/α-hetero) is 1.